The zero-order chi connectivity index (χ0) is 22.7. The summed E-state index contributed by atoms with van der Waals surface area (Å²) in [5.41, 5.74) is 3.28. The third-order valence-electron chi connectivity index (χ3n) is 6.50. The van der Waals surface area contributed by atoms with Crippen molar-refractivity contribution in [2.24, 2.45) is 11.8 Å². The van der Waals surface area contributed by atoms with Gasteiger partial charge in [-0.1, -0.05) is 38.1 Å². The van der Waals surface area contributed by atoms with E-state index in [0.717, 1.165) is 36.3 Å². The van der Waals surface area contributed by atoms with Gasteiger partial charge < -0.3 is 15.1 Å². The highest BCUT2D eigenvalue weighted by Gasteiger charge is 2.35. The maximum Gasteiger partial charge on any atom is 0.243 e. The van der Waals surface area contributed by atoms with Crippen molar-refractivity contribution < 1.29 is 14.0 Å². The number of benzene rings is 2. The molecule has 170 valence electrons. The lowest BCUT2D eigenvalue weighted by atomic mass is 9.92. The van der Waals surface area contributed by atoms with Crippen LogP contribution in [0.5, 0.6) is 0 Å². The van der Waals surface area contributed by atoms with Crippen LogP contribution in [0, 0.1) is 17.7 Å². The SMILES string of the molecule is CC(C)CC(=O)N1Cc2ccccc2CC1C(=O)NCC1CCN(c2ccc(F)cc2)C1. The summed E-state index contributed by atoms with van der Waals surface area (Å²) in [6.45, 7) is 6.84. The molecular weight excluding hydrogens is 405 g/mol. The highest BCUT2D eigenvalue weighted by atomic mass is 19.1. The smallest absolute Gasteiger partial charge is 0.243 e. The Balaban J connectivity index is 1.38. The van der Waals surface area contributed by atoms with Gasteiger partial charge in [-0.05, 0) is 53.6 Å². The van der Waals surface area contributed by atoms with Gasteiger partial charge in [-0.15, -0.1) is 0 Å². The largest absolute Gasteiger partial charge is 0.371 e. The van der Waals surface area contributed by atoms with Gasteiger partial charge in [0.2, 0.25) is 11.8 Å². The van der Waals surface area contributed by atoms with Crippen LogP contribution in [0.4, 0.5) is 10.1 Å². The molecule has 0 radical (unpaired) electrons. The molecule has 2 heterocycles. The number of anilines is 1. The first-order chi connectivity index (χ1) is 15.4. The Bertz CT molecular complexity index is 960. The number of nitrogens with zero attached hydrogens (tertiary/aromatic N) is 2. The van der Waals surface area contributed by atoms with Crippen molar-refractivity contribution in [3.8, 4) is 0 Å². The number of rotatable bonds is 6. The zero-order valence-electron chi connectivity index (χ0n) is 18.9. The van der Waals surface area contributed by atoms with Gasteiger partial charge in [-0.3, -0.25) is 9.59 Å². The first kappa shape index (κ1) is 22.3. The number of nitrogens with one attached hydrogen (secondary N) is 1. The summed E-state index contributed by atoms with van der Waals surface area (Å²) in [6, 6.07) is 14.2. The van der Waals surface area contributed by atoms with E-state index in [-0.39, 0.29) is 23.5 Å². The van der Waals surface area contributed by atoms with E-state index in [0.29, 0.717) is 31.8 Å². The molecule has 0 bridgehead atoms. The molecule has 2 atom stereocenters. The predicted molar refractivity (Wildman–Crippen MR) is 124 cm³/mol. The van der Waals surface area contributed by atoms with Gasteiger partial charge in [0.1, 0.15) is 11.9 Å². The molecule has 2 aromatic carbocycles. The summed E-state index contributed by atoms with van der Waals surface area (Å²) in [5.74, 6) is 0.316. The van der Waals surface area contributed by atoms with Crippen LogP contribution in [0.1, 0.15) is 37.8 Å². The monoisotopic (exact) mass is 437 g/mol. The number of fused-ring (bicyclic) bond motifs is 1. The number of hydrogen-bond donors (Lipinski definition) is 1. The molecule has 1 N–H and O–H groups in total. The van der Waals surface area contributed by atoms with Crippen LogP contribution >= 0.6 is 0 Å². The maximum atomic E-state index is 13.2. The van der Waals surface area contributed by atoms with Gasteiger partial charge in [0.15, 0.2) is 0 Å². The highest BCUT2D eigenvalue weighted by molar-refractivity contribution is 5.88. The zero-order valence-corrected chi connectivity index (χ0v) is 18.9. The van der Waals surface area contributed by atoms with Crippen molar-refractivity contribution in [2.75, 3.05) is 24.5 Å². The van der Waals surface area contributed by atoms with Gasteiger partial charge in [0.05, 0.1) is 0 Å². The lowest BCUT2D eigenvalue weighted by molar-refractivity contribution is -0.142. The molecule has 2 unspecified atom stereocenters. The van der Waals surface area contributed by atoms with Crippen LogP contribution in [-0.2, 0) is 22.6 Å². The minimum absolute atomic E-state index is 0.0398. The average Bonchev–Trinajstić information content (AvgIpc) is 3.25. The molecule has 6 heteroatoms. The molecular formula is C26H32FN3O2. The summed E-state index contributed by atoms with van der Waals surface area (Å²) in [5, 5.41) is 3.12. The molecule has 2 aliphatic rings. The normalized spacial score (nSPS) is 20.4. The van der Waals surface area contributed by atoms with Gasteiger partial charge in [-0.2, -0.15) is 0 Å². The van der Waals surface area contributed by atoms with Crippen molar-refractivity contribution in [2.45, 2.75) is 45.7 Å². The summed E-state index contributed by atoms with van der Waals surface area (Å²) >= 11 is 0. The van der Waals surface area contributed by atoms with Crippen molar-refractivity contribution in [1.82, 2.24) is 10.2 Å². The molecule has 1 fully saturated rings. The van der Waals surface area contributed by atoms with Crippen molar-refractivity contribution >= 4 is 17.5 Å². The lowest BCUT2D eigenvalue weighted by Gasteiger charge is -2.36. The average molecular weight is 438 g/mol. The molecule has 2 aliphatic heterocycles. The predicted octanol–water partition coefficient (Wildman–Crippen LogP) is 3.77. The second-order valence-corrected chi connectivity index (χ2v) is 9.43. The van der Waals surface area contributed by atoms with Crippen molar-refractivity contribution in [3.63, 3.8) is 0 Å². The number of carbonyl (C=O) groups excluding carboxylic acids is 2. The minimum atomic E-state index is -0.467. The van der Waals surface area contributed by atoms with Crippen LogP contribution in [0.25, 0.3) is 0 Å². The molecule has 0 saturated carbocycles. The number of amides is 2. The standard InChI is InChI=1S/C26H32FN3O2/c1-18(2)13-25(31)30-17-21-6-4-3-5-20(21)14-24(30)26(32)28-15-19-11-12-29(16-19)23-9-7-22(27)8-10-23/h3-10,18-19,24H,11-17H2,1-2H3,(H,28,32). The maximum absolute atomic E-state index is 13.2. The fraction of sp³-hybridized carbons (Fsp3) is 0.462. The van der Waals surface area contributed by atoms with E-state index in [1.165, 1.54) is 12.1 Å². The van der Waals surface area contributed by atoms with E-state index in [4.69, 9.17) is 0 Å². The van der Waals surface area contributed by atoms with E-state index < -0.39 is 6.04 Å². The third kappa shape index (κ3) is 5.12. The topological polar surface area (TPSA) is 52.7 Å². The second kappa shape index (κ2) is 9.72. The fourth-order valence-corrected chi connectivity index (χ4v) is 4.73. The Morgan fingerprint density at radius 1 is 1.09 bits per heavy atom. The molecule has 0 aromatic heterocycles. The van der Waals surface area contributed by atoms with Gasteiger partial charge in [0.25, 0.3) is 0 Å². The van der Waals surface area contributed by atoms with E-state index in [2.05, 4.69) is 16.3 Å². The molecule has 4 rings (SSSR count). The summed E-state index contributed by atoms with van der Waals surface area (Å²) in [4.78, 5) is 30.1. The Hall–Kier alpha value is -2.89. The number of hydrogen-bond acceptors (Lipinski definition) is 3. The second-order valence-electron chi connectivity index (χ2n) is 9.43. The van der Waals surface area contributed by atoms with E-state index in [1.807, 2.05) is 32.0 Å². The van der Waals surface area contributed by atoms with E-state index >= 15 is 0 Å². The Morgan fingerprint density at radius 3 is 2.53 bits per heavy atom. The Kier molecular flexibility index (Phi) is 6.77. The summed E-state index contributed by atoms with van der Waals surface area (Å²) in [7, 11) is 0. The van der Waals surface area contributed by atoms with Crippen LogP contribution in [0.3, 0.4) is 0 Å². The van der Waals surface area contributed by atoms with E-state index in [9.17, 15) is 14.0 Å². The number of halogens is 1. The summed E-state index contributed by atoms with van der Waals surface area (Å²) in [6.07, 6.45) is 1.97. The lowest BCUT2D eigenvalue weighted by Crippen LogP contribution is -2.53. The van der Waals surface area contributed by atoms with E-state index in [1.54, 1.807) is 17.0 Å². The molecule has 32 heavy (non-hydrogen) atoms. The molecule has 1 saturated heterocycles. The first-order valence-corrected chi connectivity index (χ1v) is 11.5. The first-order valence-electron chi connectivity index (χ1n) is 11.5. The quantitative estimate of drug-likeness (QED) is 0.749. The summed E-state index contributed by atoms with van der Waals surface area (Å²) < 4.78 is 13.2. The molecule has 0 spiro atoms. The minimum Gasteiger partial charge on any atom is -0.371 e. The Labute approximate surface area is 189 Å². The van der Waals surface area contributed by atoms with Crippen LogP contribution in [-0.4, -0.2) is 42.4 Å². The van der Waals surface area contributed by atoms with Crippen LogP contribution in [0.2, 0.25) is 0 Å². The van der Waals surface area contributed by atoms with Gasteiger partial charge >= 0.3 is 0 Å². The molecule has 2 aromatic rings. The third-order valence-corrected chi connectivity index (χ3v) is 6.50. The van der Waals surface area contributed by atoms with Crippen molar-refractivity contribution in [3.05, 3.63) is 65.5 Å². The number of carbonyl (C=O) groups is 2. The molecule has 5 nitrogen and oxygen atoms in total. The van der Waals surface area contributed by atoms with Crippen LogP contribution in [0.15, 0.2) is 48.5 Å². The van der Waals surface area contributed by atoms with Crippen LogP contribution < -0.4 is 10.2 Å². The van der Waals surface area contributed by atoms with Gasteiger partial charge in [0, 0.05) is 44.7 Å². The van der Waals surface area contributed by atoms with Crippen molar-refractivity contribution in [1.29, 1.82) is 0 Å². The fourth-order valence-electron chi connectivity index (χ4n) is 4.73. The highest BCUT2D eigenvalue weighted by Crippen LogP contribution is 2.26. The Morgan fingerprint density at radius 2 is 1.81 bits per heavy atom. The van der Waals surface area contributed by atoms with Gasteiger partial charge in [-0.25, -0.2) is 4.39 Å². The molecule has 0 aliphatic carbocycles. The molecule has 2 amide bonds.